The van der Waals surface area contributed by atoms with E-state index >= 15 is 0 Å². The smallest absolute Gasteiger partial charge is 0.344 e. The monoisotopic (exact) mass is 417 g/mol. The van der Waals surface area contributed by atoms with Crippen molar-refractivity contribution in [3.8, 4) is 11.5 Å². The fraction of sp³-hybridized carbons (Fsp3) is 0.100. The fourth-order valence-electron chi connectivity index (χ4n) is 2.49. The molecule has 0 bridgehead atoms. The van der Waals surface area contributed by atoms with Gasteiger partial charge in [-0.15, -0.1) is 0 Å². The number of ether oxygens (including phenoxy) is 2. The van der Waals surface area contributed by atoms with Crippen molar-refractivity contribution in [1.29, 1.82) is 0 Å². The van der Waals surface area contributed by atoms with E-state index in [0.29, 0.717) is 26.9 Å². The number of esters is 1. The normalized spacial score (nSPS) is 16.7. The third-order valence-corrected chi connectivity index (χ3v) is 5.15. The van der Waals surface area contributed by atoms with Crippen LogP contribution in [0.15, 0.2) is 63.7 Å². The molecule has 0 saturated carbocycles. The molecular formula is C20H16ClNO5S. The number of halogens is 1. The summed E-state index contributed by atoms with van der Waals surface area (Å²) < 4.78 is 9.88. The van der Waals surface area contributed by atoms with Crippen molar-refractivity contribution in [2.75, 3.05) is 14.2 Å². The number of aliphatic imine (C=N–C) groups is 1. The van der Waals surface area contributed by atoms with E-state index in [9.17, 15) is 15.0 Å². The standard InChI is InChI=1S/C20H16ClNO5S/c1-26-14-5-3-4-11(17(14)23)10-15-18(24)16(20(25)27-2)19(28-15)22-13-8-6-12(21)7-9-13/h3-10,23-24H,1-2H3/b15-10+,22-19?. The van der Waals surface area contributed by atoms with Crippen LogP contribution in [0, 0.1) is 0 Å². The van der Waals surface area contributed by atoms with Gasteiger partial charge >= 0.3 is 5.97 Å². The first-order valence-corrected chi connectivity index (χ1v) is 9.26. The molecule has 8 heteroatoms. The minimum Gasteiger partial charge on any atom is -0.506 e. The number of nitrogens with zero attached hydrogens (tertiary/aromatic N) is 1. The molecule has 6 nitrogen and oxygen atoms in total. The lowest BCUT2D eigenvalue weighted by atomic mass is 10.1. The number of aliphatic hydroxyl groups is 1. The lowest BCUT2D eigenvalue weighted by molar-refractivity contribution is -0.135. The quantitative estimate of drug-likeness (QED) is 0.691. The van der Waals surface area contributed by atoms with Gasteiger partial charge in [-0.2, -0.15) is 0 Å². The van der Waals surface area contributed by atoms with E-state index in [1.807, 2.05) is 0 Å². The van der Waals surface area contributed by atoms with E-state index in [0.717, 1.165) is 11.8 Å². The van der Waals surface area contributed by atoms with Gasteiger partial charge in [-0.1, -0.05) is 35.5 Å². The van der Waals surface area contributed by atoms with Gasteiger partial charge in [0, 0.05) is 10.6 Å². The van der Waals surface area contributed by atoms with Gasteiger partial charge in [-0.3, -0.25) is 0 Å². The van der Waals surface area contributed by atoms with Crippen molar-refractivity contribution in [2.45, 2.75) is 0 Å². The number of aliphatic hydroxyl groups excluding tert-OH is 1. The second-order valence-electron chi connectivity index (χ2n) is 5.62. The number of hydrogen-bond acceptors (Lipinski definition) is 7. The number of phenolic OH excluding ortho intramolecular Hbond substituents is 1. The highest BCUT2D eigenvalue weighted by atomic mass is 35.5. The zero-order valence-corrected chi connectivity index (χ0v) is 16.5. The van der Waals surface area contributed by atoms with Gasteiger partial charge in [0.2, 0.25) is 0 Å². The van der Waals surface area contributed by atoms with Gasteiger partial charge in [-0.05, 0) is 36.4 Å². The first-order chi connectivity index (χ1) is 13.4. The zero-order valence-electron chi connectivity index (χ0n) is 15.0. The Bertz CT molecular complexity index is 1010. The van der Waals surface area contributed by atoms with Crippen molar-refractivity contribution in [2.24, 2.45) is 4.99 Å². The van der Waals surface area contributed by atoms with Crippen molar-refractivity contribution in [3.05, 3.63) is 69.3 Å². The number of thioether (sulfide) groups is 1. The number of para-hydroxylation sites is 1. The number of hydrogen-bond donors (Lipinski definition) is 2. The number of rotatable bonds is 4. The second kappa shape index (κ2) is 8.41. The number of carbonyl (C=O) groups is 1. The van der Waals surface area contributed by atoms with Crippen LogP contribution in [0.3, 0.4) is 0 Å². The Hall–Kier alpha value is -2.90. The summed E-state index contributed by atoms with van der Waals surface area (Å²) >= 11 is 6.97. The summed E-state index contributed by atoms with van der Waals surface area (Å²) in [5.41, 5.74) is 0.938. The van der Waals surface area contributed by atoms with Crippen LogP contribution in [0.1, 0.15) is 5.56 Å². The van der Waals surface area contributed by atoms with Crippen LogP contribution < -0.4 is 4.74 Å². The Balaban J connectivity index is 2.06. The zero-order chi connectivity index (χ0) is 20.3. The maximum atomic E-state index is 12.2. The summed E-state index contributed by atoms with van der Waals surface area (Å²) in [6, 6.07) is 11.7. The molecule has 0 aromatic heterocycles. The summed E-state index contributed by atoms with van der Waals surface area (Å²) in [5, 5.41) is 21.7. The Morgan fingerprint density at radius 1 is 1.14 bits per heavy atom. The molecule has 144 valence electrons. The summed E-state index contributed by atoms with van der Waals surface area (Å²) in [7, 11) is 2.67. The molecule has 1 heterocycles. The maximum absolute atomic E-state index is 12.2. The van der Waals surface area contributed by atoms with E-state index in [2.05, 4.69) is 4.99 Å². The third-order valence-electron chi connectivity index (χ3n) is 3.87. The molecule has 0 amide bonds. The molecule has 0 unspecified atom stereocenters. The average molecular weight is 418 g/mol. The van der Waals surface area contributed by atoms with Crippen molar-refractivity contribution in [3.63, 3.8) is 0 Å². The number of carbonyl (C=O) groups excluding carboxylic acids is 1. The minimum absolute atomic E-state index is 0.0453. The van der Waals surface area contributed by atoms with Gasteiger partial charge in [0.1, 0.15) is 16.4 Å². The molecule has 2 aromatic carbocycles. The topological polar surface area (TPSA) is 88.4 Å². The van der Waals surface area contributed by atoms with Gasteiger partial charge in [-0.25, -0.2) is 9.79 Å². The van der Waals surface area contributed by atoms with Crippen molar-refractivity contribution < 1.29 is 24.5 Å². The van der Waals surface area contributed by atoms with Crippen LogP contribution in [0.5, 0.6) is 11.5 Å². The molecule has 28 heavy (non-hydrogen) atoms. The predicted molar refractivity (Wildman–Crippen MR) is 110 cm³/mol. The Morgan fingerprint density at radius 3 is 2.50 bits per heavy atom. The first kappa shape index (κ1) is 19.9. The average Bonchev–Trinajstić information content (AvgIpc) is 2.99. The van der Waals surface area contributed by atoms with Crippen molar-refractivity contribution in [1.82, 2.24) is 0 Å². The van der Waals surface area contributed by atoms with Crippen LogP contribution >= 0.6 is 23.4 Å². The molecule has 1 aliphatic heterocycles. The number of benzene rings is 2. The van der Waals surface area contributed by atoms with E-state index in [1.54, 1.807) is 48.5 Å². The molecule has 0 saturated heterocycles. The lowest BCUT2D eigenvalue weighted by Gasteiger charge is -2.06. The van der Waals surface area contributed by atoms with E-state index < -0.39 is 5.97 Å². The van der Waals surface area contributed by atoms with Crippen LogP contribution in [0.4, 0.5) is 5.69 Å². The Morgan fingerprint density at radius 2 is 1.86 bits per heavy atom. The van der Waals surface area contributed by atoms with E-state index in [1.165, 1.54) is 14.2 Å². The molecule has 1 aliphatic rings. The molecule has 2 N–H and O–H groups in total. The van der Waals surface area contributed by atoms with Gasteiger partial charge < -0.3 is 19.7 Å². The summed E-state index contributed by atoms with van der Waals surface area (Å²) in [6.45, 7) is 0. The molecule has 0 aliphatic carbocycles. The van der Waals surface area contributed by atoms with Crippen LogP contribution in [-0.4, -0.2) is 35.4 Å². The highest BCUT2D eigenvalue weighted by molar-refractivity contribution is 8.18. The SMILES string of the molecule is COC(=O)C1=C(O)/C(=C\c2cccc(OC)c2O)SC1=Nc1ccc(Cl)cc1. The Labute approximate surface area is 170 Å². The van der Waals surface area contributed by atoms with E-state index in [4.69, 9.17) is 21.1 Å². The maximum Gasteiger partial charge on any atom is 0.344 e. The molecule has 0 radical (unpaired) electrons. The predicted octanol–water partition coefficient (Wildman–Crippen LogP) is 4.86. The van der Waals surface area contributed by atoms with Gasteiger partial charge in [0.15, 0.2) is 11.5 Å². The largest absolute Gasteiger partial charge is 0.506 e. The van der Waals surface area contributed by atoms with Gasteiger partial charge in [0.05, 0.1) is 24.8 Å². The van der Waals surface area contributed by atoms with E-state index in [-0.39, 0.29) is 22.1 Å². The highest BCUT2D eigenvalue weighted by Gasteiger charge is 2.33. The minimum atomic E-state index is -0.712. The number of phenols is 1. The summed E-state index contributed by atoms with van der Waals surface area (Å²) in [4.78, 5) is 17.0. The van der Waals surface area contributed by atoms with Crippen LogP contribution in [-0.2, 0) is 9.53 Å². The Kier molecular flexibility index (Phi) is 5.96. The lowest BCUT2D eigenvalue weighted by Crippen LogP contribution is -2.10. The molecule has 2 aromatic rings. The second-order valence-corrected chi connectivity index (χ2v) is 7.08. The van der Waals surface area contributed by atoms with Crippen LogP contribution in [0.2, 0.25) is 5.02 Å². The summed E-state index contributed by atoms with van der Waals surface area (Å²) in [5.74, 6) is -0.763. The number of aromatic hydroxyl groups is 1. The molecule has 3 rings (SSSR count). The van der Waals surface area contributed by atoms with Gasteiger partial charge in [0.25, 0.3) is 0 Å². The highest BCUT2D eigenvalue weighted by Crippen LogP contribution is 2.42. The number of methoxy groups -OCH3 is 2. The fourth-order valence-corrected chi connectivity index (χ4v) is 3.64. The molecular weight excluding hydrogens is 402 g/mol. The summed E-state index contributed by atoms with van der Waals surface area (Å²) in [6.07, 6.45) is 1.55. The first-order valence-electron chi connectivity index (χ1n) is 8.06. The van der Waals surface area contributed by atoms with Crippen LogP contribution in [0.25, 0.3) is 6.08 Å². The van der Waals surface area contributed by atoms with Crippen molar-refractivity contribution >= 4 is 46.1 Å². The molecule has 0 spiro atoms. The third kappa shape index (κ3) is 4.00. The molecule has 0 fully saturated rings. The molecule has 0 atom stereocenters.